The largest absolute Gasteiger partial charge is 0.375 e. The van der Waals surface area contributed by atoms with Crippen LogP contribution in [0.4, 0.5) is 5.69 Å². The molecule has 0 aromatic heterocycles. The Morgan fingerprint density at radius 3 is 2.55 bits per heavy atom. The fourth-order valence-electron chi connectivity index (χ4n) is 2.79. The number of para-hydroxylation sites is 1. The molecule has 0 aliphatic heterocycles. The van der Waals surface area contributed by atoms with E-state index in [1.54, 1.807) is 0 Å². The van der Waals surface area contributed by atoms with Crippen LogP contribution in [0, 0.1) is 0 Å². The van der Waals surface area contributed by atoms with E-state index in [2.05, 4.69) is 57.9 Å². The van der Waals surface area contributed by atoms with Crippen molar-refractivity contribution < 1.29 is 0 Å². The molecule has 22 heavy (non-hydrogen) atoms. The highest BCUT2D eigenvalue weighted by atomic mass is 127. The van der Waals surface area contributed by atoms with Gasteiger partial charge in [0.25, 0.3) is 0 Å². The monoisotopic (exact) mass is 416 g/mol. The van der Waals surface area contributed by atoms with Crippen molar-refractivity contribution in [2.24, 2.45) is 4.99 Å². The van der Waals surface area contributed by atoms with E-state index in [0.29, 0.717) is 6.04 Å². The van der Waals surface area contributed by atoms with Crippen LogP contribution in [0.5, 0.6) is 0 Å². The first-order valence-corrected chi connectivity index (χ1v) is 8.03. The predicted octanol–water partition coefficient (Wildman–Crippen LogP) is 3.24. The molecule has 1 aromatic rings. The maximum Gasteiger partial charge on any atom is 0.191 e. The minimum Gasteiger partial charge on any atom is -0.375 e. The van der Waals surface area contributed by atoms with Gasteiger partial charge in [-0.3, -0.25) is 4.99 Å². The summed E-state index contributed by atoms with van der Waals surface area (Å²) >= 11 is 0. The number of benzene rings is 1. The predicted molar refractivity (Wildman–Crippen MR) is 106 cm³/mol. The van der Waals surface area contributed by atoms with Crippen LogP contribution in [0.3, 0.4) is 0 Å². The number of hydrogen-bond acceptors (Lipinski definition) is 2. The Hall–Kier alpha value is -0.980. The third-order valence-corrected chi connectivity index (χ3v) is 4.08. The van der Waals surface area contributed by atoms with Crippen molar-refractivity contribution in [3.63, 3.8) is 0 Å². The lowest BCUT2D eigenvalue weighted by Gasteiger charge is -2.20. The van der Waals surface area contributed by atoms with E-state index in [0.717, 1.165) is 25.5 Å². The molecule has 5 heteroatoms. The smallest absolute Gasteiger partial charge is 0.191 e. The number of aliphatic imine (C=N–C) groups is 1. The third kappa shape index (κ3) is 6.42. The maximum atomic E-state index is 4.31. The van der Waals surface area contributed by atoms with Crippen LogP contribution >= 0.6 is 24.0 Å². The lowest BCUT2D eigenvalue weighted by atomic mass is 10.2. The van der Waals surface area contributed by atoms with Gasteiger partial charge in [0.1, 0.15) is 0 Å². The summed E-state index contributed by atoms with van der Waals surface area (Å²) in [5.41, 5.74) is 1.27. The van der Waals surface area contributed by atoms with Gasteiger partial charge in [-0.05, 0) is 31.4 Å². The summed E-state index contributed by atoms with van der Waals surface area (Å²) in [6, 6.07) is 11.1. The zero-order valence-electron chi connectivity index (χ0n) is 13.7. The van der Waals surface area contributed by atoms with Crippen LogP contribution in [-0.2, 0) is 0 Å². The van der Waals surface area contributed by atoms with Crippen molar-refractivity contribution in [2.45, 2.75) is 38.1 Å². The molecular formula is C17H29IN4. The molecule has 2 N–H and O–H groups in total. The SMILES string of the molecule is CN=C(NCCCN(C)c1ccccc1)NC1CCCC1.I. The van der Waals surface area contributed by atoms with Crippen molar-refractivity contribution in [2.75, 3.05) is 32.1 Å². The van der Waals surface area contributed by atoms with Gasteiger partial charge in [0, 0.05) is 38.9 Å². The Bertz CT molecular complexity index is 430. The Kier molecular flexibility index (Phi) is 9.27. The van der Waals surface area contributed by atoms with Crippen molar-refractivity contribution in [3.8, 4) is 0 Å². The molecular weight excluding hydrogens is 387 g/mol. The van der Waals surface area contributed by atoms with Crippen LogP contribution in [0.15, 0.2) is 35.3 Å². The molecule has 0 bridgehead atoms. The minimum atomic E-state index is 0. The molecule has 124 valence electrons. The van der Waals surface area contributed by atoms with Crippen LogP contribution in [0.1, 0.15) is 32.1 Å². The van der Waals surface area contributed by atoms with Gasteiger partial charge in [-0.2, -0.15) is 0 Å². The summed E-state index contributed by atoms with van der Waals surface area (Å²) in [4.78, 5) is 6.59. The Morgan fingerprint density at radius 1 is 1.23 bits per heavy atom. The molecule has 2 rings (SSSR count). The molecule has 0 unspecified atom stereocenters. The fourth-order valence-corrected chi connectivity index (χ4v) is 2.79. The van der Waals surface area contributed by atoms with Gasteiger partial charge in [-0.15, -0.1) is 24.0 Å². The second-order valence-electron chi connectivity index (χ2n) is 5.74. The van der Waals surface area contributed by atoms with Gasteiger partial charge in [-0.1, -0.05) is 31.0 Å². The number of nitrogens with one attached hydrogen (secondary N) is 2. The zero-order valence-corrected chi connectivity index (χ0v) is 16.0. The summed E-state index contributed by atoms with van der Waals surface area (Å²) in [7, 11) is 3.99. The molecule has 0 atom stereocenters. The quantitative estimate of drug-likeness (QED) is 0.324. The van der Waals surface area contributed by atoms with Crippen LogP contribution in [-0.4, -0.2) is 39.2 Å². The summed E-state index contributed by atoms with van der Waals surface area (Å²) in [6.07, 6.45) is 6.33. The van der Waals surface area contributed by atoms with Gasteiger partial charge in [-0.25, -0.2) is 0 Å². The Labute approximate surface area is 151 Å². The standard InChI is InChI=1S/C17H28N4.HI/c1-18-17(20-15-9-6-7-10-15)19-13-8-14-21(2)16-11-4-3-5-12-16;/h3-5,11-12,15H,6-10,13-14H2,1-2H3,(H2,18,19,20);1H. The van der Waals surface area contributed by atoms with Crippen LogP contribution in [0.2, 0.25) is 0 Å². The second-order valence-corrected chi connectivity index (χ2v) is 5.74. The van der Waals surface area contributed by atoms with E-state index in [-0.39, 0.29) is 24.0 Å². The van der Waals surface area contributed by atoms with E-state index in [9.17, 15) is 0 Å². The highest BCUT2D eigenvalue weighted by molar-refractivity contribution is 14.0. The zero-order chi connectivity index (χ0) is 14.9. The molecule has 0 heterocycles. The Morgan fingerprint density at radius 2 is 1.91 bits per heavy atom. The van der Waals surface area contributed by atoms with Gasteiger partial charge in [0.05, 0.1) is 0 Å². The Balaban J connectivity index is 0.00000242. The number of nitrogens with zero attached hydrogens (tertiary/aromatic N) is 2. The van der Waals surface area contributed by atoms with Crippen molar-refractivity contribution in [1.29, 1.82) is 0 Å². The van der Waals surface area contributed by atoms with Gasteiger partial charge >= 0.3 is 0 Å². The van der Waals surface area contributed by atoms with E-state index in [4.69, 9.17) is 0 Å². The van der Waals surface area contributed by atoms with Crippen molar-refractivity contribution in [1.82, 2.24) is 10.6 Å². The van der Waals surface area contributed by atoms with E-state index in [1.165, 1.54) is 31.4 Å². The van der Waals surface area contributed by atoms with Gasteiger partial charge in [0.2, 0.25) is 0 Å². The molecule has 1 aliphatic rings. The average molecular weight is 416 g/mol. The van der Waals surface area contributed by atoms with E-state index < -0.39 is 0 Å². The minimum absolute atomic E-state index is 0. The number of halogens is 1. The fraction of sp³-hybridized carbons (Fsp3) is 0.588. The number of rotatable bonds is 6. The molecule has 1 aliphatic carbocycles. The molecule has 4 nitrogen and oxygen atoms in total. The molecule has 0 saturated heterocycles. The first kappa shape index (κ1) is 19.1. The van der Waals surface area contributed by atoms with Crippen LogP contribution in [0.25, 0.3) is 0 Å². The van der Waals surface area contributed by atoms with E-state index >= 15 is 0 Å². The summed E-state index contributed by atoms with van der Waals surface area (Å²) in [5.74, 6) is 0.948. The molecule has 1 aromatic carbocycles. The lowest BCUT2D eigenvalue weighted by Crippen LogP contribution is -2.43. The lowest BCUT2D eigenvalue weighted by molar-refractivity contribution is 0.610. The summed E-state index contributed by atoms with van der Waals surface area (Å²) in [5, 5.41) is 6.93. The van der Waals surface area contributed by atoms with Gasteiger partial charge in [0.15, 0.2) is 5.96 Å². The molecule has 0 amide bonds. The first-order valence-electron chi connectivity index (χ1n) is 8.03. The summed E-state index contributed by atoms with van der Waals surface area (Å²) < 4.78 is 0. The number of guanidine groups is 1. The normalized spacial score (nSPS) is 15.3. The van der Waals surface area contributed by atoms with Crippen molar-refractivity contribution in [3.05, 3.63) is 30.3 Å². The maximum absolute atomic E-state index is 4.31. The van der Waals surface area contributed by atoms with Crippen molar-refractivity contribution >= 4 is 35.6 Å². The average Bonchev–Trinajstić information content (AvgIpc) is 3.04. The second kappa shape index (κ2) is 10.7. The van der Waals surface area contributed by atoms with E-state index in [1.807, 2.05) is 7.05 Å². The number of hydrogen-bond donors (Lipinski definition) is 2. The highest BCUT2D eigenvalue weighted by Gasteiger charge is 2.15. The molecule has 0 spiro atoms. The van der Waals surface area contributed by atoms with Crippen LogP contribution < -0.4 is 15.5 Å². The topological polar surface area (TPSA) is 39.7 Å². The molecule has 0 radical (unpaired) electrons. The molecule has 1 saturated carbocycles. The summed E-state index contributed by atoms with van der Waals surface area (Å²) in [6.45, 7) is 1.99. The number of anilines is 1. The third-order valence-electron chi connectivity index (χ3n) is 4.08. The first-order chi connectivity index (χ1) is 10.3. The highest BCUT2D eigenvalue weighted by Crippen LogP contribution is 2.17. The molecule has 1 fully saturated rings. The van der Waals surface area contributed by atoms with Gasteiger partial charge < -0.3 is 15.5 Å².